The maximum atomic E-state index is 6.15. The van der Waals surface area contributed by atoms with E-state index < -0.39 is 0 Å². The molecule has 0 radical (unpaired) electrons. The van der Waals surface area contributed by atoms with E-state index in [1.807, 2.05) is 18.2 Å². The van der Waals surface area contributed by atoms with E-state index in [9.17, 15) is 0 Å². The first-order valence-electron chi connectivity index (χ1n) is 5.69. The summed E-state index contributed by atoms with van der Waals surface area (Å²) in [5.41, 5.74) is 3.80. The van der Waals surface area contributed by atoms with Gasteiger partial charge in [0.15, 0.2) is 0 Å². The van der Waals surface area contributed by atoms with Crippen LogP contribution >= 0.6 is 23.2 Å². The first-order valence-corrected chi connectivity index (χ1v) is 6.44. The van der Waals surface area contributed by atoms with Crippen LogP contribution in [0.2, 0.25) is 10.0 Å². The SMILES string of the molecule is NNC(Cc1c(Cl)cccc1Cl)C1CCOC1. The van der Waals surface area contributed by atoms with Gasteiger partial charge < -0.3 is 4.74 Å². The maximum Gasteiger partial charge on any atom is 0.0510 e. The number of nitrogens with one attached hydrogen (secondary N) is 1. The van der Waals surface area contributed by atoms with E-state index in [-0.39, 0.29) is 6.04 Å². The molecule has 2 unspecified atom stereocenters. The predicted octanol–water partition coefficient (Wildman–Crippen LogP) is 2.40. The highest BCUT2D eigenvalue weighted by atomic mass is 35.5. The van der Waals surface area contributed by atoms with Crippen LogP contribution in [0.5, 0.6) is 0 Å². The second kappa shape index (κ2) is 6.03. The molecule has 1 aromatic rings. The van der Waals surface area contributed by atoms with Crippen LogP contribution in [0.3, 0.4) is 0 Å². The second-order valence-electron chi connectivity index (χ2n) is 4.30. The Morgan fingerprint density at radius 2 is 2.12 bits per heavy atom. The Balaban J connectivity index is 2.12. The Kier molecular flexibility index (Phi) is 4.65. The summed E-state index contributed by atoms with van der Waals surface area (Å²) in [5, 5.41) is 1.38. The fourth-order valence-corrected chi connectivity index (χ4v) is 2.73. The van der Waals surface area contributed by atoms with E-state index in [0.29, 0.717) is 16.0 Å². The molecule has 0 bridgehead atoms. The first kappa shape index (κ1) is 13.1. The standard InChI is InChI=1S/C12H16Cl2N2O/c13-10-2-1-3-11(14)9(10)6-12(16-15)8-4-5-17-7-8/h1-3,8,12,16H,4-7,15H2. The summed E-state index contributed by atoms with van der Waals surface area (Å²) < 4.78 is 5.38. The van der Waals surface area contributed by atoms with Crippen molar-refractivity contribution in [3.8, 4) is 0 Å². The van der Waals surface area contributed by atoms with Crippen molar-refractivity contribution in [1.82, 2.24) is 5.43 Å². The highest BCUT2D eigenvalue weighted by Crippen LogP contribution is 2.28. The van der Waals surface area contributed by atoms with Crippen molar-refractivity contribution in [2.75, 3.05) is 13.2 Å². The van der Waals surface area contributed by atoms with Gasteiger partial charge in [-0.2, -0.15) is 0 Å². The Morgan fingerprint density at radius 1 is 1.41 bits per heavy atom. The molecule has 2 rings (SSSR count). The molecule has 0 aliphatic carbocycles. The van der Waals surface area contributed by atoms with Crippen LogP contribution < -0.4 is 11.3 Å². The van der Waals surface area contributed by atoms with Gasteiger partial charge in [0.25, 0.3) is 0 Å². The Bertz CT molecular complexity index is 361. The molecule has 94 valence electrons. The Labute approximate surface area is 111 Å². The van der Waals surface area contributed by atoms with Gasteiger partial charge in [0.2, 0.25) is 0 Å². The molecule has 17 heavy (non-hydrogen) atoms. The van der Waals surface area contributed by atoms with Crippen LogP contribution in [-0.2, 0) is 11.2 Å². The van der Waals surface area contributed by atoms with Crippen LogP contribution in [0.25, 0.3) is 0 Å². The first-order chi connectivity index (χ1) is 8.22. The summed E-state index contributed by atoms with van der Waals surface area (Å²) in [7, 11) is 0. The molecule has 1 fully saturated rings. The third kappa shape index (κ3) is 3.12. The number of nitrogens with two attached hydrogens (primary N) is 1. The minimum atomic E-state index is 0.148. The zero-order valence-corrected chi connectivity index (χ0v) is 11.0. The van der Waals surface area contributed by atoms with Crippen molar-refractivity contribution in [2.45, 2.75) is 18.9 Å². The monoisotopic (exact) mass is 274 g/mol. The van der Waals surface area contributed by atoms with Gasteiger partial charge in [-0.1, -0.05) is 29.3 Å². The number of benzene rings is 1. The Hall–Kier alpha value is -0.320. The summed E-state index contributed by atoms with van der Waals surface area (Å²) in [5.74, 6) is 6.03. The van der Waals surface area contributed by atoms with Crippen molar-refractivity contribution in [3.05, 3.63) is 33.8 Å². The molecule has 5 heteroatoms. The Morgan fingerprint density at radius 3 is 2.65 bits per heavy atom. The highest BCUT2D eigenvalue weighted by molar-refractivity contribution is 6.36. The molecular weight excluding hydrogens is 259 g/mol. The van der Waals surface area contributed by atoms with Crippen LogP contribution in [0, 0.1) is 5.92 Å². The lowest BCUT2D eigenvalue weighted by Gasteiger charge is -2.22. The van der Waals surface area contributed by atoms with E-state index >= 15 is 0 Å². The summed E-state index contributed by atoms with van der Waals surface area (Å²) in [6, 6.07) is 5.69. The molecule has 0 spiro atoms. The molecule has 0 saturated carbocycles. The number of hydrogen-bond donors (Lipinski definition) is 2. The lowest BCUT2D eigenvalue weighted by molar-refractivity contribution is 0.176. The van der Waals surface area contributed by atoms with Crippen molar-refractivity contribution < 1.29 is 4.74 Å². The van der Waals surface area contributed by atoms with Crippen LogP contribution in [0.1, 0.15) is 12.0 Å². The van der Waals surface area contributed by atoms with Gasteiger partial charge in [-0.05, 0) is 30.5 Å². The van der Waals surface area contributed by atoms with E-state index in [1.54, 1.807) is 0 Å². The number of hydrogen-bond acceptors (Lipinski definition) is 3. The molecule has 0 amide bonds. The summed E-state index contributed by atoms with van der Waals surface area (Å²) in [6.07, 6.45) is 1.75. The van der Waals surface area contributed by atoms with Gasteiger partial charge >= 0.3 is 0 Å². The average Bonchev–Trinajstić information content (AvgIpc) is 2.82. The molecular formula is C12H16Cl2N2O. The smallest absolute Gasteiger partial charge is 0.0510 e. The van der Waals surface area contributed by atoms with E-state index in [4.69, 9.17) is 33.8 Å². The van der Waals surface area contributed by atoms with E-state index in [1.165, 1.54) is 0 Å². The average molecular weight is 275 g/mol. The highest BCUT2D eigenvalue weighted by Gasteiger charge is 2.26. The quantitative estimate of drug-likeness (QED) is 0.655. The third-order valence-electron chi connectivity index (χ3n) is 3.23. The number of halogens is 2. The van der Waals surface area contributed by atoms with Crippen molar-refractivity contribution >= 4 is 23.2 Å². The fourth-order valence-electron chi connectivity index (χ4n) is 2.18. The van der Waals surface area contributed by atoms with Gasteiger partial charge in [0.05, 0.1) is 6.61 Å². The maximum absolute atomic E-state index is 6.15. The minimum Gasteiger partial charge on any atom is -0.381 e. The van der Waals surface area contributed by atoms with Gasteiger partial charge in [-0.15, -0.1) is 0 Å². The van der Waals surface area contributed by atoms with Gasteiger partial charge in [-0.3, -0.25) is 11.3 Å². The molecule has 3 N–H and O–H groups in total. The predicted molar refractivity (Wildman–Crippen MR) is 70.2 cm³/mol. The number of hydrazine groups is 1. The van der Waals surface area contributed by atoms with E-state index in [0.717, 1.165) is 31.6 Å². The lowest BCUT2D eigenvalue weighted by atomic mass is 9.93. The molecule has 1 aliphatic rings. The second-order valence-corrected chi connectivity index (χ2v) is 5.12. The topological polar surface area (TPSA) is 47.3 Å². The van der Waals surface area contributed by atoms with Gasteiger partial charge in [0, 0.05) is 28.6 Å². The fraction of sp³-hybridized carbons (Fsp3) is 0.500. The van der Waals surface area contributed by atoms with Crippen molar-refractivity contribution in [3.63, 3.8) is 0 Å². The molecule has 1 aliphatic heterocycles. The molecule has 3 nitrogen and oxygen atoms in total. The normalized spacial score (nSPS) is 21.7. The minimum absolute atomic E-state index is 0.148. The number of rotatable bonds is 4. The zero-order chi connectivity index (χ0) is 12.3. The van der Waals surface area contributed by atoms with Crippen LogP contribution in [0.15, 0.2) is 18.2 Å². The van der Waals surface area contributed by atoms with Gasteiger partial charge in [-0.25, -0.2) is 0 Å². The van der Waals surface area contributed by atoms with E-state index in [2.05, 4.69) is 5.43 Å². The molecule has 1 heterocycles. The molecule has 1 aromatic carbocycles. The lowest BCUT2D eigenvalue weighted by Crippen LogP contribution is -2.42. The summed E-state index contributed by atoms with van der Waals surface area (Å²) in [4.78, 5) is 0. The molecule has 1 saturated heterocycles. The van der Waals surface area contributed by atoms with Crippen LogP contribution in [-0.4, -0.2) is 19.3 Å². The molecule has 2 atom stereocenters. The zero-order valence-electron chi connectivity index (χ0n) is 9.46. The largest absolute Gasteiger partial charge is 0.381 e. The summed E-state index contributed by atoms with van der Waals surface area (Å²) >= 11 is 12.3. The molecule has 0 aromatic heterocycles. The number of ether oxygens (including phenoxy) is 1. The third-order valence-corrected chi connectivity index (χ3v) is 3.94. The van der Waals surface area contributed by atoms with Crippen molar-refractivity contribution in [1.29, 1.82) is 0 Å². The summed E-state index contributed by atoms with van der Waals surface area (Å²) in [6.45, 7) is 1.55. The van der Waals surface area contributed by atoms with Gasteiger partial charge in [0.1, 0.15) is 0 Å². The van der Waals surface area contributed by atoms with Crippen LogP contribution in [0.4, 0.5) is 0 Å². The van der Waals surface area contributed by atoms with Crippen molar-refractivity contribution in [2.24, 2.45) is 11.8 Å².